The van der Waals surface area contributed by atoms with Crippen molar-refractivity contribution in [3.8, 4) is 5.75 Å². The van der Waals surface area contributed by atoms with E-state index in [1.165, 1.54) is 0 Å². The zero-order valence-electron chi connectivity index (χ0n) is 17.4. The Morgan fingerprint density at radius 1 is 1.26 bits per heavy atom. The van der Waals surface area contributed by atoms with Crippen LogP contribution >= 0.6 is 11.8 Å². The summed E-state index contributed by atoms with van der Waals surface area (Å²) in [4.78, 5) is 20.1. The SMILES string of the molecule is CSc1ccccc1OCc1cc(C(=O)N(Cc2ccncc2)C[C@@H]2CCCO2)no1. The second kappa shape index (κ2) is 10.5. The van der Waals surface area contributed by atoms with Crippen molar-refractivity contribution < 1.29 is 18.8 Å². The van der Waals surface area contributed by atoms with Crippen molar-refractivity contribution in [2.24, 2.45) is 0 Å². The van der Waals surface area contributed by atoms with E-state index in [2.05, 4.69) is 10.1 Å². The van der Waals surface area contributed by atoms with Crippen molar-refractivity contribution in [1.82, 2.24) is 15.0 Å². The van der Waals surface area contributed by atoms with E-state index >= 15 is 0 Å². The van der Waals surface area contributed by atoms with Crippen molar-refractivity contribution in [2.45, 2.75) is 37.0 Å². The molecule has 1 atom stereocenters. The molecule has 0 aliphatic carbocycles. The zero-order valence-corrected chi connectivity index (χ0v) is 18.2. The lowest BCUT2D eigenvalue weighted by atomic mass is 10.2. The van der Waals surface area contributed by atoms with Crippen LogP contribution in [0.15, 0.2) is 64.3 Å². The molecule has 0 bridgehead atoms. The van der Waals surface area contributed by atoms with E-state index in [9.17, 15) is 4.79 Å². The molecule has 0 saturated carbocycles. The van der Waals surface area contributed by atoms with Gasteiger partial charge in [-0.15, -0.1) is 11.8 Å². The number of amides is 1. The molecule has 0 N–H and O–H groups in total. The van der Waals surface area contributed by atoms with E-state index in [0.717, 1.165) is 35.7 Å². The number of benzene rings is 1. The third kappa shape index (κ3) is 5.65. The van der Waals surface area contributed by atoms with Crippen LogP contribution in [0.25, 0.3) is 0 Å². The summed E-state index contributed by atoms with van der Waals surface area (Å²) in [6, 6.07) is 13.3. The Labute approximate surface area is 185 Å². The summed E-state index contributed by atoms with van der Waals surface area (Å²) in [5.74, 6) is 1.09. The van der Waals surface area contributed by atoms with Gasteiger partial charge in [-0.1, -0.05) is 17.3 Å². The topological polar surface area (TPSA) is 77.7 Å². The minimum absolute atomic E-state index is 0.0449. The maximum Gasteiger partial charge on any atom is 0.276 e. The number of rotatable bonds is 9. The van der Waals surface area contributed by atoms with Crippen molar-refractivity contribution >= 4 is 17.7 Å². The Kier molecular flexibility index (Phi) is 7.22. The molecule has 3 heterocycles. The van der Waals surface area contributed by atoms with Crippen LogP contribution in [0, 0.1) is 0 Å². The molecule has 0 spiro atoms. The first-order chi connectivity index (χ1) is 15.2. The molecule has 1 amide bonds. The monoisotopic (exact) mass is 439 g/mol. The maximum atomic E-state index is 13.2. The fourth-order valence-corrected chi connectivity index (χ4v) is 4.04. The Morgan fingerprint density at radius 3 is 2.87 bits per heavy atom. The molecule has 0 radical (unpaired) electrons. The predicted octanol–water partition coefficient (Wildman–Crippen LogP) is 4.19. The summed E-state index contributed by atoms with van der Waals surface area (Å²) in [7, 11) is 0. The van der Waals surface area contributed by atoms with Gasteiger partial charge in [-0.25, -0.2) is 0 Å². The first kappa shape index (κ1) is 21.4. The highest BCUT2D eigenvalue weighted by Gasteiger charge is 2.26. The number of carbonyl (C=O) groups is 1. The highest BCUT2D eigenvalue weighted by atomic mass is 32.2. The van der Waals surface area contributed by atoms with Crippen LogP contribution in [-0.4, -0.2) is 46.5 Å². The molecular weight excluding hydrogens is 414 g/mol. The predicted molar refractivity (Wildman–Crippen MR) is 117 cm³/mol. The summed E-state index contributed by atoms with van der Waals surface area (Å²) in [6.07, 6.45) is 7.46. The van der Waals surface area contributed by atoms with E-state index < -0.39 is 0 Å². The number of ether oxygens (including phenoxy) is 2. The van der Waals surface area contributed by atoms with Gasteiger partial charge < -0.3 is 18.9 Å². The smallest absolute Gasteiger partial charge is 0.276 e. The zero-order chi connectivity index (χ0) is 21.5. The third-order valence-corrected chi connectivity index (χ3v) is 5.85. The Balaban J connectivity index is 1.44. The van der Waals surface area contributed by atoms with Crippen molar-refractivity contribution in [3.63, 3.8) is 0 Å². The molecule has 2 aromatic heterocycles. The number of aromatic nitrogens is 2. The van der Waals surface area contributed by atoms with Gasteiger partial charge in [-0.3, -0.25) is 9.78 Å². The van der Waals surface area contributed by atoms with Crippen LogP contribution in [0.5, 0.6) is 5.75 Å². The van der Waals surface area contributed by atoms with Crippen molar-refractivity contribution in [3.05, 3.63) is 71.9 Å². The van der Waals surface area contributed by atoms with Crippen molar-refractivity contribution in [2.75, 3.05) is 19.4 Å². The number of para-hydroxylation sites is 1. The molecule has 1 fully saturated rings. The number of hydrogen-bond donors (Lipinski definition) is 0. The lowest BCUT2D eigenvalue weighted by Gasteiger charge is -2.24. The molecule has 31 heavy (non-hydrogen) atoms. The van der Waals surface area contributed by atoms with Gasteiger partial charge in [0.2, 0.25) is 0 Å². The number of hydrogen-bond acceptors (Lipinski definition) is 7. The summed E-state index contributed by atoms with van der Waals surface area (Å²) < 4.78 is 17.0. The number of thioether (sulfide) groups is 1. The number of carbonyl (C=O) groups excluding carboxylic acids is 1. The molecule has 162 valence electrons. The van der Waals surface area contributed by atoms with Crippen LogP contribution in [0.2, 0.25) is 0 Å². The quantitative estimate of drug-likeness (QED) is 0.463. The second-order valence-corrected chi connectivity index (χ2v) is 8.14. The molecule has 3 aromatic rings. The Hall–Kier alpha value is -2.84. The van der Waals surface area contributed by atoms with Crippen LogP contribution in [0.3, 0.4) is 0 Å². The van der Waals surface area contributed by atoms with Crippen LogP contribution in [-0.2, 0) is 17.9 Å². The largest absolute Gasteiger partial charge is 0.484 e. The molecule has 8 heteroatoms. The Morgan fingerprint density at radius 2 is 2.10 bits per heavy atom. The standard InChI is InChI=1S/C23H25N3O4S/c1-31-22-7-3-2-6-21(22)29-16-19-13-20(25-30-19)23(27)26(15-18-5-4-12-28-18)14-17-8-10-24-11-9-17/h2-3,6-11,13,18H,4-5,12,14-16H2,1H3/t18-/m0/s1. The Bertz CT molecular complexity index is 989. The molecule has 1 aliphatic rings. The normalized spacial score (nSPS) is 15.7. The summed E-state index contributed by atoms with van der Waals surface area (Å²) in [6.45, 7) is 1.92. The average molecular weight is 440 g/mol. The summed E-state index contributed by atoms with van der Waals surface area (Å²) >= 11 is 1.61. The van der Waals surface area contributed by atoms with Gasteiger partial charge in [0.05, 0.1) is 6.10 Å². The lowest BCUT2D eigenvalue weighted by Crippen LogP contribution is -2.37. The van der Waals surface area contributed by atoms with Crippen LogP contribution < -0.4 is 4.74 Å². The fraction of sp³-hybridized carbons (Fsp3) is 0.348. The minimum atomic E-state index is -0.188. The van der Waals surface area contributed by atoms with Crippen LogP contribution in [0.1, 0.15) is 34.7 Å². The first-order valence-electron chi connectivity index (χ1n) is 10.2. The van der Waals surface area contributed by atoms with E-state index in [4.69, 9.17) is 14.0 Å². The van der Waals surface area contributed by atoms with Gasteiger partial charge in [-0.05, 0) is 48.9 Å². The van der Waals surface area contributed by atoms with Gasteiger partial charge in [-0.2, -0.15) is 0 Å². The van der Waals surface area contributed by atoms with E-state index in [0.29, 0.717) is 18.8 Å². The van der Waals surface area contributed by atoms with E-state index in [1.807, 2.05) is 42.7 Å². The molecule has 1 aromatic carbocycles. The highest BCUT2D eigenvalue weighted by Crippen LogP contribution is 2.27. The highest BCUT2D eigenvalue weighted by molar-refractivity contribution is 7.98. The molecular formula is C23H25N3O4S. The van der Waals surface area contributed by atoms with Gasteiger partial charge >= 0.3 is 0 Å². The maximum absolute atomic E-state index is 13.2. The number of nitrogens with zero attached hydrogens (tertiary/aromatic N) is 3. The van der Waals surface area contributed by atoms with Gasteiger partial charge in [0.15, 0.2) is 11.5 Å². The van der Waals surface area contributed by atoms with E-state index in [-0.39, 0.29) is 24.3 Å². The van der Waals surface area contributed by atoms with Gasteiger partial charge in [0.1, 0.15) is 12.4 Å². The van der Waals surface area contributed by atoms with Gasteiger partial charge in [0, 0.05) is 43.1 Å². The number of pyridine rings is 1. The molecule has 7 nitrogen and oxygen atoms in total. The first-order valence-corrected chi connectivity index (χ1v) is 11.5. The molecule has 1 saturated heterocycles. The summed E-state index contributed by atoms with van der Waals surface area (Å²) in [5.41, 5.74) is 1.27. The van der Waals surface area contributed by atoms with Crippen molar-refractivity contribution in [1.29, 1.82) is 0 Å². The van der Waals surface area contributed by atoms with Gasteiger partial charge in [0.25, 0.3) is 5.91 Å². The third-order valence-electron chi connectivity index (χ3n) is 5.08. The minimum Gasteiger partial charge on any atom is -0.484 e. The van der Waals surface area contributed by atoms with E-state index in [1.54, 1.807) is 35.1 Å². The molecule has 0 unspecified atom stereocenters. The van der Waals surface area contributed by atoms with Crippen LogP contribution in [0.4, 0.5) is 0 Å². The lowest BCUT2D eigenvalue weighted by molar-refractivity contribution is 0.0499. The summed E-state index contributed by atoms with van der Waals surface area (Å²) in [5, 5.41) is 4.00. The second-order valence-electron chi connectivity index (χ2n) is 7.29. The molecule has 1 aliphatic heterocycles. The molecule has 4 rings (SSSR count). The fourth-order valence-electron chi connectivity index (χ4n) is 3.49. The average Bonchev–Trinajstić information content (AvgIpc) is 3.50.